The monoisotopic (exact) mass is 265 g/mol. The zero-order valence-electron chi connectivity index (χ0n) is 9.92. The Balaban J connectivity index is 2.63. The number of nitrogens with zero attached hydrogens (tertiary/aromatic N) is 1. The van der Waals surface area contributed by atoms with Gasteiger partial charge in [0.2, 0.25) is 10.0 Å². The lowest BCUT2D eigenvalue weighted by molar-refractivity contribution is -0.136. The summed E-state index contributed by atoms with van der Waals surface area (Å²) in [6.45, 7) is 2.31. The second kappa shape index (κ2) is 5.32. The summed E-state index contributed by atoms with van der Waals surface area (Å²) in [5.41, 5.74) is -0.822. The quantitative estimate of drug-likeness (QED) is 0.747. The lowest BCUT2D eigenvalue weighted by Crippen LogP contribution is -2.35. The fraction of sp³-hybridized carbons (Fsp3) is 0.900. The minimum Gasteiger partial charge on any atom is -0.481 e. The van der Waals surface area contributed by atoms with Gasteiger partial charge in [0.25, 0.3) is 0 Å². The molecule has 1 unspecified atom stereocenters. The number of hydrogen-bond acceptors (Lipinski definition) is 4. The summed E-state index contributed by atoms with van der Waals surface area (Å²) in [4.78, 5) is 10.4. The topological polar surface area (TPSA) is 94.9 Å². The van der Waals surface area contributed by atoms with E-state index in [2.05, 4.69) is 0 Å². The van der Waals surface area contributed by atoms with Gasteiger partial charge in [-0.1, -0.05) is 0 Å². The maximum absolute atomic E-state index is 11.8. The average Bonchev–Trinajstić information content (AvgIpc) is 2.37. The van der Waals surface area contributed by atoms with Crippen LogP contribution in [0.5, 0.6) is 0 Å². The minimum atomic E-state index is -3.51. The lowest BCUT2D eigenvalue weighted by atomic mass is 9.98. The number of hydrogen-bond donors (Lipinski definition) is 2. The summed E-state index contributed by atoms with van der Waals surface area (Å²) < 4.78 is 25.0. The van der Waals surface area contributed by atoms with Gasteiger partial charge in [0.1, 0.15) is 0 Å². The Hall–Kier alpha value is -0.660. The van der Waals surface area contributed by atoms with Crippen molar-refractivity contribution in [2.75, 3.05) is 18.8 Å². The molecule has 1 atom stereocenters. The first-order valence-corrected chi connectivity index (χ1v) is 7.26. The Bertz CT molecular complexity index is 376. The van der Waals surface area contributed by atoms with Crippen LogP contribution in [0.2, 0.25) is 0 Å². The van der Waals surface area contributed by atoms with Crippen LogP contribution in [-0.2, 0) is 14.8 Å². The third-order valence-electron chi connectivity index (χ3n) is 2.99. The van der Waals surface area contributed by atoms with Crippen LogP contribution in [0, 0.1) is 0 Å². The predicted octanol–water partition coefficient (Wildman–Crippen LogP) is 0.0278. The Labute approximate surface area is 101 Å². The summed E-state index contributed by atoms with van der Waals surface area (Å²) in [5.74, 6) is -1.49. The molecule has 0 saturated carbocycles. The number of carbonyl (C=O) groups is 1. The van der Waals surface area contributed by atoms with Gasteiger partial charge in [-0.2, -0.15) is 0 Å². The SMILES string of the molecule is CC1(O)CCCN(S(=O)(=O)CCC(=O)O)CC1. The predicted molar refractivity (Wildman–Crippen MR) is 62.1 cm³/mol. The number of rotatable bonds is 4. The molecule has 6 nitrogen and oxygen atoms in total. The standard InChI is InChI=1S/C10H19NO5S/c1-10(14)4-2-6-11(7-5-10)17(15,16)8-3-9(12)13/h14H,2-8H2,1H3,(H,12,13). The molecule has 0 aromatic carbocycles. The zero-order chi connectivity index (χ0) is 13.1. The van der Waals surface area contributed by atoms with E-state index in [1.165, 1.54) is 4.31 Å². The van der Waals surface area contributed by atoms with Crippen LogP contribution >= 0.6 is 0 Å². The van der Waals surface area contributed by atoms with Crippen LogP contribution in [-0.4, -0.2) is 53.3 Å². The fourth-order valence-corrected chi connectivity index (χ4v) is 3.33. The van der Waals surface area contributed by atoms with Crippen molar-refractivity contribution in [3.05, 3.63) is 0 Å². The number of carboxylic acids is 1. The Morgan fingerprint density at radius 3 is 2.59 bits per heavy atom. The Kier molecular flexibility index (Phi) is 4.51. The third kappa shape index (κ3) is 4.61. The molecule has 2 N–H and O–H groups in total. The largest absolute Gasteiger partial charge is 0.481 e. The number of carboxylic acid groups (broad SMARTS) is 1. The van der Waals surface area contributed by atoms with Crippen molar-refractivity contribution in [2.45, 2.75) is 38.2 Å². The molecule has 0 amide bonds. The first kappa shape index (κ1) is 14.4. The Morgan fingerprint density at radius 2 is 2.00 bits per heavy atom. The molecule has 1 aliphatic rings. The smallest absolute Gasteiger partial charge is 0.304 e. The van der Waals surface area contributed by atoms with Gasteiger partial charge in [-0.05, 0) is 26.2 Å². The van der Waals surface area contributed by atoms with Gasteiger partial charge < -0.3 is 10.2 Å². The van der Waals surface area contributed by atoms with Crippen molar-refractivity contribution in [1.29, 1.82) is 0 Å². The summed E-state index contributed by atoms with van der Waals surface area (Å²) in [6.07, 6.45) is 1.17. The molecule has 17 heavy (non-hydrogen) atoms. The molecule has 100 valence electrons. The first-order valence-electron chi connectivity index (χ1n) is 5.65. The maximum Gasteiger partial charge on any atom is 0.304 e. The molecule has 0 aromatic rings. The third-order valence-corrected chi connectivity index (χ3v) is 4.86. The van der Waals surface area contributed by atoms with Gasteiger partial charge >= 0.3 is 5.97 Å². The highest BCUT2D eigenvalue weighted by Crippen LogP contribution is 2.23. The molecular weight excluding hydrogens is 246 g/mol. The highest BCUT2D eigenvalue weighted by atomic mass is 32.2. The van der Waals surface area contributed by atoms with E-state index in [0.717, 1.165) is 0 Å². The van der Waals surface area contributed by atoms with E-state index >= 15 is 0 Å². The van der Waals surface area contributed by atoms with Gasteiger partial charge in [0, 0.05) is 13.1 Å². The van der Waals surface area contributed by atoms with Gasteiger partial charge in [-0.15, -0.1) is 0 Å². The molecule has 0 aromatic heterocycles. The normalized spacial score (nSPS) is 27.6. The highest BCUT2D eigenvalue weighted by Gasteiger charge is 2.30. The average molecular weight is 265 g/mol. The van der Waals surface area contributed by atoms with Gasteiger partial charge in [0.05, 0.1) is 17.8 Å². The van der Waals surface area contributed by atoms with Crippen molar-refractivity contribution < 1.29 is 23.4 Å². The van der Waals surface area contributed by atoms with E-state index in [1.807, 2.05) is 0 Å². The molecule has 1 saturated heterocycles. The van der Waals surface area contributed by atoms with Gasteiger partial charge in [-0.25, -0.2) is 12.7 Å². The second-order valence-electron chi connectivity index (χ2n) is 4.71. The lowest BCUT2D eigenvalue weighted by Gasteiger charge is -2.22. The molecule has 0 aliphatic carbocycles. The molecule has 1 fully saturated rings. The van der Waals surface area contributed by atoms with Crippen molar-refractivity contribution in [3.63, 3.8) is 0 Å². The summed E-state index contributed by atoms with van der Waals surface area (Å²) in [7, 11) is -3.51. The molecule has 1 rings (SSSR count). The molecule has 0 bridgehead atoms. The fourth-order valence-electron chi connectivity index (χ4n) is 1.86. The van der Waals surface area contributed by atoms with Crippen LogP contribution in [0.4, 0.5) is 0 Å². The van der Waals surface area contributed by atoms with E-state index in [0.29, 0.717) is 25.8 Å². The number of aliphatic hydroxyl groups is 1. The van der Waals surface area contributed by atoms with Crippen molar-refractivity contribution in [2.24, 2.45) is 0 Å². The minimum absolute atomic E-state index is 0.259. The van der Waals surface area contributed by atoms with Crippen molar-refractivity contribution >= 4 is 16.0 Å². The van der Waals surface area contributed by atoms with E-state index in [4.69, 9.17) is 5.11 Å². The van der Waals surface area contributed by atoms with E-state index in [-0.39, 0.29) is 18.7 Å². The summed E-state index contributed by atoms with van der Waals surface area (Å²) in [5, 5.41) is 18.3. The highest BCUT2D eigenvalue weighted by molar-refractivity contribution is 7.89. The molecule has 7 heteroatoms. The molecule has 0 spiro atoms. The van der Waals surface area contributed by atoms with Crippen LogP contribution in [0.3, 0.4) is 0 Å². The first-order chi connectivity index (χ1) is 7.73. The Morgan fingerprint density at radius 1 is 1.35 bits per heavy atom. The van der Waals surface area contributed by atoms with Crippen LogP contribution in [0.15, 0.2) is 0 Å². The number of sulfonamides is 1. The van der Waals surface area contributed by atoms with Gasteiger partial charge in [0.15, 0.2) is 0 Å². The summed E-state index contributed by atoms with van der Waals surface area (Å²) in [6, 6.07) is 0. The maximum atomic E-state index is 11.8. The molecule has 0 radical (unpaired) electrons. The summed E-state index contributed by atoms with van der Waals surface area (Å²) >= 11 is 0. The van der Waals surface area contributed by atoms with Crippen LogP contribution < -0.4 is 0 Å². The van der Waals surface area contributed by atoms with Crippen LogP contribution in [0.1, 0.15) is 32.6 Å². The van der Waals surface area contributed by atoms with Crippen molar-refractivity contribution in [1.82, 2.24) is 4.31 Å². The second-order valence-corrected chi connectivity index (χ2v) is 6.80. The van der Waals surface area contributed by atoms with Crippen LogP contribution in [0.25, 0.3) is 0 Å². The van der Waals surface area contributed by atoms with E-state index < -0.39 is 21.6 Å². The van der Waals surface area contributed by atoms with E-state index in [1.54, 1.807) is 6.92 Å². The van der Waals surface area contributed by atoms with Gasteiger partial charge in [-0.3, -0.25) is 4.79 Å². The van der Waals surface area contributed by atoms with Crippen molar-refractivity contribution in [3.8, 4) is 0 Å². The molecule has 1 heterocycles. The molecule has 1 aliphatic heterocycles. The molecular formula is C10H19NO5S. The number of aliphatic carboxylic acids is 1. The van der Waals surface area contributed by atoms with E-state index in [9.17, 15) is 18.3 Å². The zero-order valence-corrected chi connectivity index (χ0v) is 10.7.